The van der Waals surface area contributed by atoms with Crippen LogP contribution >= 0.6 is 11.8 Å². The quantitative estimate of drug-likeness (QED) is 0.343. The second-order valence-electron chi connectivity index (χ2n) is 6.33. The van der Waals surface area contributed by atoms with Crippen molar-refractivity contribution in [2.45, 2.75) is 29.7 Å². The first-order chi connectivity index (χ1) is 13.2. The van der Waals surface area contributed by atoms with Crippen LogP contribution in [-0.4, -0.2) is 26.8 Å². The van der Waals surface area contributed by atoms with Gasteiger partial charge in [-0.15, -0.1) is 10.2 Å². The van der Waals surface area contributed by atoms with Gasteiger partial charge in [0.15, 0.2) is 5.16 Å². The zero-order chi connectivity index (χ0) is 18.8. The predicted octanol–water partition coefficient (Wildman–Crippen LogP) is 4.35. The van der Waals surface area contributed by atoms with E-state index in [1.807, 2.05) is 30.3 Å². The molecule has 1 heterocycles. The van der Waals surface area contributed by atoms with Crippen molar-refractivity contribution < 1.29 is 9.66 Å². The van der Waals surface area contributed by atoms with Crippen molar-refractivity contribution in [1.29, 1.82) is 0 Å². The minimum atomic E-state index is -0.398. The van der Waals surface area contributed by atoms with Gasteiger partial charge >= 0.3 is 0 Å². The second kappa shape index (κ2) is 7.40. The summed E-state index contributed by atoms with van der Waals surface area (Å²) in [6.45, 7) is 0. The standard InChI is InChI=1S/C19H18N4O3S/c1-26-17-10-9-16(23(24)25)11-14(17)12-27-19-21-20-18(13-7-8-13)22(19)15-5-3-2-4-6-15/h2-6,9-11,13H,7-8,12H2,1H3. The molecule has 0 saturated heterocycles. The smallest absolute Gasteiger partial charge is 0.270 e. The highest BCUT2D eigenvalue weighted by Crippen LogP contribution is 2.41. The third kappa shape index (κ3) is 3.66. The number of methoxy groups -OCH3 is 1. The molecule has 0 N–H and O–H groups in total. The summed E-state index contributed by atoms with van der Waals surface area (Å²) >= 11 is 1.50. The zero-order valence-corrected chi connectivity index (χ0v) is 15.6. The largest absolute Gasteiger partial charge is 0.496 e. The van der Waals surface area contributed by atoms with E-state index in [-0.39, 0.29) is 5.69 Å². The van der Waals surface area contributed by atoms with Crippen LogP contribution in [0.2, 0.25) is 0 Å². The highest BCUT2D eigenvalue weighted by atomic mass is 32.2. The zero-order valence-electron chi connectivity index (χ0n) is 14.7. The molecule has 0 aliphatic heterocycles. The Morgan fingerprint density at radius 3 is 2.67 bits per heavy atom. The van der Waals surface area contributed by atoms with Gasteiger partial charge < -0.3 is 4.74 Å². The van der Waals surface area contributed by atoms with Gasteiger partial charge in [0.25, 0.3) is 5.69 Å². The van der Waals surface area contributed by atoms with Gasteiger partial charge in [0, 0.05) is 35.1 Å². The van der Waals surface area contributed by atoms with E-state index < -0.39 is 4.92 Å². The number of rotatable bonds is 7. The summed E-state index contributed by atoms with van der Waals surface area (Å²) in [5.74, 6) is 2.57. The molecule has 4 rings (SSSR count). The number of hydrogen-bond donors (Lipinski definition) is 0. The van der Waals surface area contributed by atoms with Crippen molar-refractivity contribution in [3.05, 3.63) is 70.0 Å². The fourth-order valence-corrected chi connectivity index (χ4v) is 3.87. The highest BCUT2D eigenvalue weighted by molar-refractivity contribution is 7.98. The SMILES string of the molecule is COc1ccc([N+](=O)[O-])cc1CSc1nnc(C2CC2)n1-c1ccccc1. The lowest BCUT2D eigenvalue weighted by atomic mass is 10.2. The normalized spacial score (nSPS) is 13.5. The number of nitro groups is 1. The van der Waals surface area contributed by atoms with Crippen molar-refractivity contribution in [2.24, 2.45) is 0 Å². The monoisotopic (exact) mass is 382 g/mol. The highest BCUT2D eigenvalue weighted by Gasteiger charge is 2.31. The molecular weight excluding hydrogens is 364 g/mol. The topological polar surface area (TPSA) is 83.1 Å². The number of aromatic nitrogens is 3. The van der Waals surface area contributed by atoms with Crippen LogP contribution in [0.25, 0.3) is 5.69 Å². The molecule has 7 nitrogen and oxygen atoms in total. The van der Waals surface area contributed by atoms with Gasteiger partial charge in [0.05, 0.1) is 12.0 Å². The Balaban J connectivity index is 1.64. The Hall–Kier alpha value is -2.87. The maximum atomic E-state index is 11.1. The lowest BCUT2D eigenvalue weighted by Crippen LogP contribution is -2.02. The minimum Gasteiger partial charge on any atom is -0.496 e. The third-order valence-corrected chi connectivity index (χ3v) is 5.42. The number of para-hydroxylation sites is 1. The van der Waals surface area contributed by atoms with E-state index in [9.17, 15) is 10.1 Å². The first-order valence-electron chi connectivity index (χ1n) is 8.62. The van der Waals surface area contributed by atoms with Crippen LogP contribution in [0.1, 0.15) is 30.1 Å². The second-order valence-corrected chi connectivity index (χ2v) is 7.27. The van der Waals surface area contributed by atoms with E-state index >= 15 is 0 Å². The van der Waals surface area contributed by atoms with Gasteiger partial charge in [-0.25, -0.2) is 0 Å². The molecule has 3 aromatic rings. The van der Waals surface area contributed by atoms with Gasteiger partial charge in [-0.3, -0.25) is 14.7 Å². The number of nitro benzene ring substituents is 1. The molecule has 8 heteroatoms. The van der Waals surface area contributed by atoms with Crippen molar-refractivity contribution >= 4 is 17.4 Å². The summed E-state index contributed by atoms with van der Waals surface area (Å²) in [5.41, 5.74) is 1.83. The number of hydrogen-bond acceptors (Lipinski definition) is 6. The molecule has 0 bridgehead atoms. The summed E-state index contributed by atoms with van der Waals surface area (Å²) in [5, 5.41) is 20.6. The van der Waals surface area contributed by atoms with Crippen molar-refractivity contribution in [3.63, 3.8) is 0 Å². The lowest BCUT2D eigenvalue weighted by Gasteiger charge is -2.11. The first kappa shape index (κ1) is 17.5. The average molecular weight is 382 g/mol. The molecule has 1 aliphatic carbocycles. The summed E-state index contributed by atoms with van der Waals surface area (Å²) in [7, 11) is 1.56. The van der Waals surface area contributed by atoms with Crippen LogP contribution in [0, 0.1) is 10.1 Å². The maximum Gasteiger partial charge on any atom is 0.270 e. The van der Waals surface area contributed by atoms with Gasteiger partial charge in [0.2, 0.25) is 0 Å². The van der Waals surface area contributed by atoms with Crippen LogP contribution in [0.3, 0.4) is 0 Å². The lowest BCUT2D eigenvalue weighted by molar-refractivity contribution is -0.384. The van der Waals surface area contributed by atoms with Gasteiger partial charge in [-0.05, 0) is 31.0 Å². The minimum absolute atomic E-state index is 0.0506. The van der Waals surface area contributed by atoms with E-state index in [1.165, 1.54) is 17.8 Å². The van der Waals surface area contributed by atoms with Crippen LogP contribution < -0.4 is 4.74 Å². The van der Waals surface area contributed by atoms with Gasteiger partial charge in [0.1, 0.15) is 11.6 Å². The van der Waals surface area contributed by atoms with E-state index in [0.29, 0.717) is 17.4 Å². The summed E-state index contributed by atoms with van der Waals surface area (Å²) in [4.78, 5) is 10.7. The number of ether oxygens (including phenoxy) is 1. The number of non-ortho nitro benzene ring substituents is 1. The Labute approximate surface area is 160 Å². The Morgan fingerprint density at radius 2 is 2.00 bits per heavy atom. The maximum absolute atomic E-state index is 11.1. The molecule has 0 amide bonds. The Morgan fingerprint density at radius 1 is 1.22 bits per heavy atom. The number of thioether (sulfide) groups is 1. The molecule has 2 aromatic carbocycles. The molecule has 0 atom stereocenters. The van der Waals surface area contributed by atoms with Crippen molar-refractivity contribution in [2.75, 3.05) is 7.11 Å². The van der Waals surface area contributed by atoms with Crippen LogP contribution in [0.15, 0.2) is 53.7 Å². The molecule has 1 fully saturated rings. The van der Waals surface area contributed by atoms with Gasteiger partial charge in [-0.1, -0.05) is 30.0 Å². The molecular formula is C19H18N4O3S. The molecule has 0 radical (unpaired) electrons. The first-order valence-corrected chi connectivity index (χ1v) is 9.61. The fourth-order valence-electron chi connectivity index (χ4n) is 2.93. The van der Waals surface area contributed by atoms with Crippen molar-refractivity contribution in [1.82, 2.24) is 14.8 Å². The van der Waals surface area contributed by atoms with Crippen LogP contribution in [-0.2, 0) is 5.75 Å². The van der Waals surface area contributed by atoms with Crippen LogP contribution in [0.5, 0.6) is 5.75 Å². The van der Waals surface area contributed by atoms with E-state index in [0.717, 1.165) is 35.1 Å². The van der Waals surface area contributed by atoms with Crippen LogP contribution in [0.4, 0.5) is 5.69 Å². The van der Waals surface area contributed by atoms with E-state index in [1.54, 1.807) is 19.2 Å². The Kier molecular flexibility index (Phi) is 4.81. The Bertz CT molecular complexity index is 970. The van der Waals surface area contributed by atoms with Gasteiger partial charge in [-0.2, -0.15) is 0 Å². The van der Waals surface area contributed by atoms with Crippen molar-refractivity contribution in [3.8, 4) is 11.4 Å². The molecule has 1 aromatic heterocycles. The summed E-state index contributed by atoms with van der Waals surface area (Å²) in [6.07, 6.45) is 2.27. The summed E-state index contributed by atoms with van der Waals surface area (Å²) in [6, 6.07) is 14.7. The third-order valence-electron chi connectivity index (χ3n) is 4.45. The predicted molar refractivity (Wildman–Crippen MR) is 103 cm³/mol. The molecule has 1 saturated carbocycles. The number of nitrogens with zero attached hydrogens (tertiary/aromatic N) is 4. The van der Waals surface area contributed by atoms with E-state index in [2.05, 4.69) is 14.8 Å². The molecule has 1 aliphatic rings. The average Bonchev–Trinajstić information content (AvgIpc) is 3.46. The number of benzene rings is 2. The molecule has 0 unspecified atom stereocenters. The summed E-state index contributed by atoms with van der Waals surface area (Å²) < 4.78 is 7.45. The molecule has 0 spiro atoms. The molecule has 138 valence electrons. The molecule has 27 heavy (non-hydrogen) atoms. The van der Waals surface area contributed by atoms with E-state index in [4.69, 9.17) is 4.74 Å². The fraction of sp³-hybridized carbons (Fsp3) is 0.263.